The zero-order chi connectivity index (χ0) is 17.6. The Morgan fingerprint density at radius 2 is 1.88 bits per heavy atom. The smallest absolute Gasteiger partial charge is 0.167 e. The fraction of sp³-hybridized carbons (Fsp3) is 0.222. The van der Waals surface area contributed by atoms with Crippen LogP contribution in [0.15, 0.2) is 53.5 Å². The van der Waals surface area contributed by atoms with E-state index in [1.807, 2.05) is 24.3 Å². The summed E-state index contributed by atoms with van der Waals surface area (Å²) in [6.07, 6.45) is 3.20. The fourth-order valence-electron chi connectivity index (χ4n) is 2.44. The Morgan fingerprint density at radius 1 is 1.12 bits per heavy atom. The van der Waals surface area contributed by atoms with Gasteiger partial charge in [0, 0.05) is 10.0 Å². The predicted octanol–water partition coefficient (Wildman–Crippen LogP) is 3.68. The molecule has 0 bridgehead atoms. The van der Waals surface area contributed by atoms with Crippen molar-refractivity contribution in [1.82, 2.24) is 14.9 Å². The summed E-state index contributed by atoms with van der Waals surface area (Å²) < 4.78 is 14.3. The zero-order valence-electron chi connectivity index (χ0n) is 14.1. The maximum Gasteiger partial charge on any atom is 0.167 e. The Balaban J connectivity index is 1.84. The molecule has 2 aromatic carbocycles. The van der Waals surface area contributed by atoms with Gasteiger partial charge in [0.1, 0.15) is 19.3 Å². The highest BCUT2D eigenvalue weighted by Crippen LogP contribution is 2.37. The predicted molar refractivity (Wildman–Crippen MR) is 99.3 cm³/mol. The Hall–Kier alpha value is -2.54. The van der Waals surface area contributed by atoms with Crippen molar-refractivity contribution in [2.45, 2.75) is 20.1 Å². The summed E-state index contributed by atoms with van der Waals surface area (Å²) in [6, 6.07) is 12.0. The molecule has 3 aromatic rings. The van der Waals surface area contributed by atoms with Crippen LogP contribution >= 0.6 is 15.9 Å². The van der Waals surface area contributed by atoms with Gasteiger partial charge < -0.3 is 14.9 Å². The molecule has 130 valence electrons. The van der Waals surface area contributed by atoms with Crippen LogP contribution in [0.4, 0.5) is 0 Å². The highest BCUT2D eigenvalue weighted by Gasteiger charge is 2.15. The molecule has 0 unspecified atom stereocenters. The van der Waals surface area contributed by atoms with Crippen LogP contribution in [0.5, 0.6) is 11.5 Å². The van der Waals surface area contributed by atoms with E-state index in [0.717, 1.165) is 15.6 Å². The molecule has 0 aliphatic heterocycles. The Bertz CT molecular complexity index is 837. The Labute approximate surface area is 154 Å². The van der Waals surface area contributed by atoms with Gasteiger partial charge in [-0.05, 0) is 30.2 Å². The van der Waals surface area contributed by atoms with E-state index >= 15 is 0 Å². The molecule has 0 fully saturated rings. The lowest BCUT2D eigenvalue weighted by atomic mass is 10.1. The van der Waals surface area contributed by atoms with Gasteiger partial charge in [0.25, 0.3) is 0 Å². The second-order valence-corrected chi connectivity index (χ2v) is 6.33. The van der Waals surface area contributed by atoms with Crippen molar-refractivity contribution in [2.75, 3.05) is 12.5 Å². The van der Waals surface area contributed by atoms with E-state index in [2.05, 4.69) is 50.6 Å². The lowest BCUT2D eigenvalue weighted by Crippen LogP contribution is -2.14. The van der Waals surface area contributed by atoms with Crippen LogP contribution in [0, 0.1) is 6.92 Å². The molecule has 7 heteroatoms. The minimum absolute atomic E-state index is 0.471. The van der Waals surface area contributed by atoms with Gasteiger partial charge in [0.2, 0.25) is 0 Å². The Morgan fingerprint density at radius 3 is 2.60 bits per heavy atom. The van der Waals surface area contributed by atoms with Crippen LogP contribution in [0.1, 0.15) is 16.7 Å². The van der Waals surface area contributed by atoms with Gasteiger partial charge in [0.15, 0.2) is 11.5 Å². The first kappa shape index (κ1) is 17.3. The average Bonchev–Trinajstić information content (AvgIpc) is 3.14. The van der Waals surface area contributed by atoms with Crippen LogP contribution in [-0.4, -0.2) is 22.0 Å². The van der Waals surface area contributed by atoms with Crippen LogP contribution < -0.4 is 14.9 Å². The molecule has 1 aromatic heterocycles. The summed E-state index contributed by atoms with van der Waals surface area (Å²) in [5.74, 6) is 1.40. The first-order valence-corrected chi connectivity index (χ1v) is 8.59. The number of rotatable bonds is 7. The topological polar surface area (TPSA) is 61.2 Å². The van der Waals surface area contributed by atoms with Crippen molar-refractivity contribution in [3.8, 4) is 11.5 Å². The third-order valence-corrected chi connectivity index (χ3v) is 4.62. The van der Waals surface area contributed by atoms with E-state index in [1.54, 1.807) is 24.4 Å². The SMILES string of the molecule is COc1ccc(Br)c(CNn2cnnc2)c1OCc1ccccc1C. The molecule has 6 nitrogen and oxygen atoms in total. The number of nitrogens with one attached hydrogen (secondary N) is 1. The monoisotopic (exact) mass is 402 g/mol. The molecule has 25 heavy (non-hydrogen) atoms. The number of hydrogen-bond acceptors (Lipinski definition) is 5. The third-order valence-electron chi connectivity index (χ3n) is 3.88. The fourth-order valence-corrected chi connectivity index (χ4v) is 2.89. The summed E-state index contributed by atoms with van der Waals surface area (Å²) in [4.78, 5) is 0. The lowest BCUT2D eigenvalue weighted by molar-refractivity contribution is 0.280. The van der Waals surface area contributed by atoms with Crippen LogP contribution in [0.3, 0.4) is 0 Å². The Kier molecular flexibility index (Phi) is 5.55. The van der Waals surface area contributed by atoms with E-state index in [4.69, 9.17) is 9.47 Å². The van der Waals surface area contributed by atoms with Gasteiger partial charge in [-0.2, -0.15) is 0 Å². The number of methoxy groups -OCH3 is 1. The molecule has 0 saturated heterocycles. The highest BCUT2D eigenvalue weighted by atomic mass is 79.9. The molecule has 0 aliphatic rings. The van der Waals surface area contributed by atoms with Crippen molar-refractivity contribution in [3.63, 3.8) is 0 Å². The number of halogens is 1. The molecule has 0 amide bonds. The van der Waals surface area contributed by atoms with Crippen molar-refractivity contribution < 1.29 is 9.47 Å². The maximum absolute atomic E-state index is 6.14. The molecule has 0 radical (unpaired) electrons. The second-order valence-electron chi connectivity index (χ2n) is 5.48. The van der Waals surface area contributed by atoms with Gasteiger partial charge in [-0.15, -0.1) is 10.2 Å². The normalized spacial score (nSPS) is 10.5. The summed E-state index contributed by atoms with van der Waals surface area (Å²) >= 11 is 3.60. The molecule has 1 N–H and O–H groups in total. The molecular formula is C18H19BrN4O2. The average molecular weight is 403 g/mol. The molecule has 3 rings (SSSR count). The second kappa shape index (κ2) is 8.02. The number of hydrogen-bond donors (Lipinski definition) is 1. The number of benzene rings is 2. The van der Waals surface area contributed by atoms with E-state index in [-0.39, 0.29) is 0 Å². The van der Waals surface area contributed by atoms with E-state index in [0.29, 0.717) is 24.7 Å². The van der Waals surface area contributed by atoms with E-state index in [9.17, 15) is 0 Å². The number of ether oxygens (including phenoxy) is 2. The lowest BCUT2D eigenvalue weighted by Gasteiger charge is -2.18. The highest BCUT2D eigenvalue weighted by molar-refractivity contribution is 9.10. The maximum atomic E-state index is 6.14. The van der Waals surface area contributed by atoms with Crippen molar-refractivity contribution in [1.29, 1.82) is 0 Å². The van der Waals surface area contributed by atoms with Crippen molar-refractivity contribution in [2.24, 2.45) is 0 Å². The van der Waals surface area contributed by atoms with Crippen LogP contribution in [0.2, 0.25) is 0 Å². The number of aryl methyl sites for hydroxylation is 1. The minimum atomic E-state index is 0.471. The number of nitrogens with zero attached hydrogens (tertiary/aromatic N) is 3. The minimum Gasteiger partial charge on any atom is -0.493 e. The molecule has 1 heterocycles. The van der Waals surface area contributed by atoms with Gasteiger partial charge in [-0.25, -0.2) is 4.68 Å². The zero-order valence-corrected chi connectivity index (χ0v) is 15.7. The van der Waals surface area contributed by atoms with Gasteiger partial charge in [0.05, 0.1) is 13.7 Å². The molecular weight excluding hydrogens is 384 g/mol. The van der Waals surface area contributed by atoms with Gasteiger partial charge >= 0.3 is 0 Å². The van der Waals surface area contributed by atoms with Gasteiger partial charge in [-0.3, -0.25) is 0 Å². The van der Waals surface area contributed by atoms with Crippen LogP contribution in [-0.2, 0) is 13.2 Å². The van der Waals surface area contributed by atoms with Gasteiger partial charge in [-0.1, -0.05) is 40.2 Å². The number of aromatic nitrogens is 3. The standard InChI is InChI=1S/C18H19BrN4O2/c1-13-5-3-4-6-14(13)10-25-18-15(9-22-23-11-20-21-12-23)16(19)7-8-17(18)24-2/h3-8,11-12,22H,9-10H2,1-2H3. The molecule has 0 atom stereocenters. The molecule has 0 aliphatic carbocycles. The van der Waals surface area contributed by atoms with E-state index < -0.39 is 0 Å². The molecule has 0 saturated carbocycles. The first-order chi connectivity index (χ1) is 12.2. The third kappa shape index (κ3) is 4.11. The van der Waals surface area contributed by atoms with Crippen molar-refractivity contribution >= 4 is 15.9 Å². The first-order valence-electron chi connectivity index (χ1n) is 7.80. The summed E-state index contributed by atoms with van der Waals surface area (Å²) in [7, 11) is 1.64. The van der Waals surface area contributed by atoms with Crippen molar-refractivity contribution in [3.05, 3.63) is 70.2 Å². The summed E-state index contributed by atoms with van der Waals surface area (Å²) in [6.45, 7) is 3.07. The quantitative estimate of drug-likeness (QED) is 0.652. The van der Waals surface area contributed by atoms with Crippen LogP contribution in [0.25, 0.3) is 0 Å². The largest absolute Gasteiger partial charge is 0.493 e. The van der Waals surface area contributed by atoms with E-state index in [1.165, 1.54) is 5.56 Å². The summed E-state index contributed by atoms with van der Waals surface area (Å²) in [5.41, 5.74) is 6.50. The molecule has 0 spiro atoms. The summed E-state index contributed by atoms with van der Waals surface area (Å²) in [5, 5.41) is 7.56.